The topological polar surface area (TPSA) is 22.1 Å². The van der Waals surface area contributed by atoms with Crippen molar-refractivity contribution in [3.63, 3.8) is 0 Å². The van der Waals surface area contributed by atoms with Crippen LogP contribution in [0.25, 0.3) is 0 Å². The first kappa shape index (κ1) is 7.35. The van der Waals surface area contributed by atoms with E-state index in [4.69, 9.17) is 4.74 Å². The van der Waals surface area contributed by atoms with E-state index >= 15 is 0 Å². The zero-order valence-corrected chi connectivity index (χ0v) is 7.13. The molecule has 2 heterocycles. The van der Waals surface area contributed by atoms with Crippen molar-refractivity contribution in [1.29, 1.82) is 0 Å². The number of rotatable bonds is 0. The predicted octanol–water partition coefficient (Wildman–Crippen LogP) is 1.88. The highest BCUT2D eigenvalue weighted by atomic mass is 16.5. The summed E-state index contributed by atoms with van der Waals surface area (Å²) in [6.07, 6.45) is 0.858. The van der Waals surface area contributed by atoms with Crippen molar-refractivity contribution in [3.8, 4) is 5.75 Å². The quantitative estimate of drug-likeness (QED) is 0.542. The van der Waals surface area contributed by atoms with Crippen LogP contribution in [0.15, 0.2) is 24.3 Å². The van der Waals surface area contributed by atoms with E-state index in [1.54, 1.807) is 0 Å². The van der Waals surface area contributed by atoms with E-state index < -0.39 is 0 Å². The molecule has 0 amide bonds. The minimum Gasteiger partial charge on any atom is -0.487 e. The molecule has 0 spiro atoms. The minimum absolute atomic E-state index is 0.637. The van der Waals surface area contributed by atoms with Gasteiger partial charge in [0.1, 0.15) is 12.4 Å². The molecule has 0 fully saturated rings. The van der Waals surface area contributed by atoms with Gasteiger partial charge in [-0.3, -0.25) is 4.98 Å². The standard InChI is InChI=1S/C10H11NO/c1-7-5-9-10(12-6-7)4-3-8(2)11-9/h3-4H,1,5-6H2,2H3. The Hall–Kier alpha value is -1.31. The largest absolute Gasteiger partial charge is 0.487 e. The molecule has 0 saturated carbocycles. The van der Waals surface area contributed by atoms with E-state index in [1.807, 2.05) is 19.1 Å². The first-order chi connectivity index (χ1) is 5.75. The van der Waals surface area contributed by atoms with E-state index in [2.05, 4.69) is 11.6 Å². The molecule has 1 aliphatic heterocycles. The Morgan fingerprint density at radius 1 is 1.50 bits per heavy atom. The average molecular weight is 161 g/mol. The van der Waals surface area contributed by atoms with Gasteiger partial charge < -0.3 is 4.74 Å². The number of fused-ring (bicyclic) bond motifs is 1. The third-order valence-electron chi connectivity index (χ3n) is 1.92. The van der Waals surface area contributed by atoms with Gasteiger partial charge in [0.2, 0.25) is 0 Å². The van der Waals surface area contributed by atoms with Gasteiger partial charge in [-0.2, -0.15) is 0 Å². The summed E-state index contributed by atoms with van der Waals surface area (Å²) in [5.74, 6) is 0.910. The minimum atomic E-state index is 0.637. The summed E-state index contributed by atoms with van der Waals surface area (Å²) >= 11 is 0. The molecule has 62 valence electrons. The Bertz CT molecular complexity index is 331. The highest BCUT2D eigenvalue weighted by molar-refractivity contribution is 5.35. The second-order valence-corrected chi connectivity index (χ2v) is 3.11. The summed E-state index contributed by atoms with van der Waals surface area (Å²) in [6.45, 7) is 6.50. The lowest BCUT2D eigenvalue weighted by atomic mass is 10.1. The molecule has 0 radical (unpaired) electrons. The molecule has 1 aliphatic rings. The number of hydrogen-bond donors (Lipinski definition) is 0. The highest BCUT2D eigenvalue weighted by Crippen LogP contribution is 2.24. The lowest BCUT2D eigenvalue weighted by Crippen LogP contribution is -2.12. The number of nitrogens with zero attached hydrogens (tertiary/aromatic N) is 1. The van der Waals surface area contributed by atoms with Crippen molar-refractivity contribution in [3.05, 3.63) is 35.7 Å². The summed E-state index contributed by atoms with van der Waals surface area (Å²) in [4.78, 5) is 4.38. The Morgan fingerprint density at radius 3 is 3.17 bits per heavy atom. The van der Waals surface area contributed by atoms with Crippen molar-refractivity contribution >= 4 is 0 Å². The van der Waals surface area contributed by atoms with Crippen LogP contribution in [0.2, 0.25) is 0 Å². The maximum atomic E-state index is 5.43. The van der Waals surface area contributed by atoms with E-state index in [-0.39, 0.29) is 0 Å². The molecule has 0 N–H and O–H groups in total. The molecule has 2 nitrogen and oxygen atoms in total. The van der Waals surface area contributed by atoms with Crippen LogP contribution in [0.5, 0.6) is 5.75 Å². The molecule has 1 aromatic rings. The van der Waals surface area contributed by atoms with Gasteiger partial charge in [-0.25, -0.2) is 0 Å². The smallest absolute Gasteiger partial charge is 0.141 e. The third kappa shape index (κ3) is 1.20. The summed E-state index contributed by atoms with van der Waals surface area (Å²) in [6, 6.07) is 3.94. The van der Waals surface area contributed by atoms with Crippen LogP contribution in [0, 0.1) is 6.92 Å². The Labute approximate surface area is 71.9 Å². The lowest BCUT2D eigenvalue weighted by Gasteiger charge is -2.18. The van der Waals surface area contributed by atoms with Crippen LogP contribution in [0.1, 0.15) is 11.4 Å². The molecular formula is C10H11NO. The van der Waals surface area contributed by atoms with E-state index in [0.29, 0.717) is 6.61 Å². The predicted molar refractivity (Wildman–Crippen MR) is 47.3 cm³/mol. The lowest BCUT2D eigenvalue weighted by molar-refractivity contribution is 0.329. The summed E-state index contributed by atoms with van der Waals surface area (Å²) in [5, 5.41) is 0. The first-order valence-electron chi connectivity index (χ1n) is 4.01. The van der Waals surface area contributed by atoms with Crippen molar-refractivity contribution in [2.24, 2.45) is 0 Å². The molecule has 0 aromatic carbocycles. The van der Waals surface area contributed by atoms with Gasteiger partial charge in [0.25, 0.3) is 0 Å². The van der Waals surface area contributed by atoms with E-state index in [9.17, 15) is 0 Å². The second-order valence-electron chi connectivity index (χ2n) is 3.11. The fourth-order valence-corrected chi connectivity index (χ4v) is 1.32. The number of pyridine rings is 1. The third-order valence-corrected chi connectivity index (χ3v) is 1.92. The molecule has 0 aliphatic carbocycles. The van der Waals surface area contributed by atoms with Crippen molar-refractivity contribution in [2.45, 2.75) is 13.3 Å². The van der Waals surface area contributed by atoms with Crippen LogP contribution < -0.4 is 4.74 Å². The zero-order chi connectivity index (χ0) is 8.55. The maximum absolute atomic E-state index is 5.43. The zero-order valence-electron chi connectivity index (χ0n) is 7.13. The van der Waals surface area contributed by atoms with E-state index in [1.165, 1.54) is 0 Å². The van der Waals surface area contributed by atoms with Gasteiger partial charge in [-0.05, 0) is 24.6 Å². The van der Waals surface area contributed by atoms with Gasteiger partial charge in [0, 0.05) is 12.1 Å². The summed E-state index contributed by atoms with van der Waals surface area (Å²) < 4.78 is 5.43. The number of aryl methyl sites for hydroxylation is 1. The maximum Gasteiger partial charge on any atom is 0.141 e. The van der Waals surface area contributed by atoms with Crippen LogP contribution >= 0.6 is 0 Å². The summed E-state index contributed by atoms with van der Waals surface area (Å²) in [5.41, 5.74) is 3.15. The molecule has 0 saturated heterocycles. The Morgan fingerprint density at radius 2 is 2.33 bits per heavy atom. The van der Waals surface area contributed by atoms with Crippen LogP contribution in [0.3, 0.4) is 0 Å². The molecule has 0 atom stereocenters. The fourth-order valence-electron chi connectivity index (χ4n) is 1.32. The SMILES string of the molecule is C=C1COc2ccc(C)nc2C1. The normalized spacial score (nSPS) is 15.2. The molecule has 0 unspecified atom stereocenters. The van der Waals surface area contributed by atoms with E-state index in [0.717, 1.165) is 29.1 Å². The number of ether oxygens (including phenoxy) is 1. The average Bonchev–Trinajstić information content (AvgIpc) is 2.03. The van der Waals surface area contributed by atoms with Crippen LogP contribution in [0.4, 0.5) is 0 Å². The van der Waals surface area contributed by atoms with Gasteiger partial charge in [-0.1, -0.05) is 6.58 Å². The molecule has 0 bridgehead atoms. The van der Waals surface area contributed by atoms with Gasteiger partial charge >= 0.3 is 0 Å². The molecule has 12 heavy (non-hydrogen) atoms. The molecule has 2 heteroatoms. The molecule has 2 rings (SSSR count). The number of hydrogen-bond acceptors (Lipinski definition) is 2. The van der Waals surface area contributed by atoms with Crippen molar-refractivity contribution in [2.75, 3.05) is 6.61 Å². The molecule has 1 aromatic heterocycles. The van der Waals surface area contributed by atoms with Gasteiger partial charge in [-0.15, -0.1) is 0 Å². The summed E-state index contributed by atoms with van der Waals surface area (Å²) in [7, 11) is 0. The van der Waals surface area contributed by atoms with Crippen molar-refractivity contribution in [1.82, 2.24) is 4.98 Å². The van der Waals surface area contributed by atoms with Crippen LogP contribution in [-0.2, 0) is 6.42 Å². The Kier molecular flexibility index (Phi) is 1.61. The Balaban J connectivity index is 2.44. The van der Waals surface area contributed by atoms with Gasteiger partial charge in [0.15, 0.2) is 0 Å². The second kappa shape index (κ2) is 2.63. The number of aromatic nitrogens is 1. The van der Waals surface area contributed by atoms with Crippen LogP contribution in [-0.4, -0.2) is 11.6 Å². The fraction of sp³-hybridized carbons (Fsp3) is 0.300. The molecular weight excluding hydrogens is 150 g/mol. The highest BCUT2D eigenvalue weighted by Gasteiger charge is 2.13. The first-order valence-corrected chi connectivity index (χ1v) is 4.01. The van der Waals surface area contributed by atoms with Crippen molar-refractivity contribution < 1.29 is 4.74 Å². The van der Waals surface area contributed by atoms with Gasteiger partial charge in [0.05, 0.1) is 5.69 Å². The monoisotopic (exact) mass is 161 g/mol.